The van der Waals surface area contributed by atoms with Crippen LogP contribution in [0.5, 0.6) is 5.75 Å². The number of nitrogen functional groups attached to an aromatic ring is 1. The SMILES string of the molecule is COc1cnn(C(C)C)c1C(=O)Cc1ccc(N)cc1. The van der Waals surface area contributed by atoms with E-state index in [2.05, 4.69) is 5.10 Å². The summed E-state index contributed by atoms with van der Waals surface area (Å²) in [4.78, 5) is 12.5. The number of ketones is 1. The van der Waals surface area contributed by atoms with Gasteiger partial charge in [-0.3, -0.25) is 9.48 Å². The fraction of sp³-hybridized carbons (Fsp3) is 0.333. The van der Waals surface area contributed by atoms with Gasteiger partial charge in [0.1, 0.15) is 5.69 Å². The standard InChI is InChI=1S/C15H19N3O2/c1-10(2)18-15(14(20-3)9-17-18)13(19)8-11-4-6-12(16)7-5-11/h4-7,9-10H,8,16H2,1-3H3. The van der Waals surface area contributed by atoms with Gasteiger partial charge in [0.05, 0.1) is 13.3 Å². The van der Waals surface area contributed by atoms with Gasteiger partial charge < -0.3 is 10.5 Å². The van der Waals surface area contributed by atoms with Gasteiger partial charge in [-0.25, -0.2) is 0 Å². The Morgan fingerprint density at radius 2 is 2.00 bits per heavy atom. The Morgan fingerprint density at radius 1 is 1.35 bits per heavy atom. The van der Waals surface area contributed by atoms with Crippen LogP contribution < -0.4 is 10.5 Å². The molecule has 0 amide bonds. The van der Waals surface area contributed by atoms with E-state index in [1.807, 2.05) is 26.0 Å². The number of rotatable bonds is 5. The second-order valence-corrected chi connectivity index (χ2v) is 4.94. The molecule has 5 heteroatoms. The molecule has 1 heterocycles. The topological polar surface area (TPSA) is 70.1 Å². The summed E-state index contributed by atoms with van der Waals surface area (Å²) in [7, 11) is 1.54. The van der Waals surface area contributed by atoms with Crippen molar-refractivity contribution in [1.82, 2.24) is 9.78 Å². The average Bonchev–Trinajstić information content (AvgIpc) is 2.85. The largest absolute Gasteiger partial charge is 0.493 e. The van der Waals surface area contributed by atoms with Gasteiger partial charge in [0.2, 0.25) is 0 Å². The third-order valence-electron chi connectivity index (χ3n) is 3.08. The molecule has 5 nitrogen and oxygen atoms in total. The minimum atomic E-state index is -0.0159. The van der Waals surface area contributed by atoms with Crippen molar-refractivity contribution in [3.63, 3.8) is 0 Å². The number of anilines is 1. The second kappa shape index (κ2) is 5.77. The lowest BCUT2D eigenvalue weighted by molar-refractivity contribution is 0.0977. The zero-order valence-corrected chi connectivity index (χ0v) is 12.0. The number of hydrogen-bond acceptors (Lipinski definition) is 4. The lowest BCUT2D eigenvalue weighted by Crippen LogP contribution is -2.15. The van der Waals surface area contributed by atoms with Gasteiger partial charge in [-0.15, -0.1) is 0 Å². The molecule has 20 heavy (non-hydrogen) atoms. The number of nitrogens with two attached hydrogens (primary N) is 1. The molecule has 0 atom stereocenters. The van der Waals surface area contributed by atoms with E-state index in [-0.39, 0.29) is 11.8 Å². The van der Waals surface area contributed by atoms with Crippen molar-refractivity contribution < 1.29 is 9.53 Å². The van der Waals surface area contributed by atoms with Crippen molar-refractivity contribution in [2.24, 2.45) is 0 Å². The van der Waals surface area contributed by atoms with Gasteiger partial charge in [0, 0.05) is 18.2 Å². The van der Waals surface area contributed by atoms with Crippen LogP contribution in [0.4, 0.5) is 5.69 Å². The summed E-state index contributed by atoms with van der Waals surface area (Å²) in [5, 5.41) is 4.21. The molecule has 0 aliphatic rings. The highest BCUT2D eigenvalue weighted by atomic mass is 16.5. The van der Waals surface area contributed by atoms with Gasteiger partial charge in [-0.1, -0.05) is 12.1 Å². The highest BCUT2D eigenvalue weighted by Crippen LogP contribution is 2.23. The first-order valence-electron chi connectivity index (χ1n) is 6.52. The molecule has 0 saturated heterocycles. The van der Waals surface area contributed by atoms with E-state index in [1.54, 1.807) is 30.1 Å². The lowest BCUT2D eigenvalue weighted by atomic mass is 10.1. The summed E-state index contributed by atoms with van der Waals surface area (Å²) in [6.07, 6.45) is 1.88. The summed E-state index contributed by atoms with van der Waals surface area (Å²) in [5.74, 6) is 0.497. The maximum Gasteiger partial charge on any atom is 0.189 e. The van der Waals surface area contributed by atoms with Gasteiger partial charge in [-0.05, 0) is 31.5 Å². The third kappa shape index (κ3) is 2.82. The van der Waals surface area contributed by atoms with Gasteiger partial charge in [0.25, 0.3) is 0 Å². The number of methoxy groups -OCH3 is 1. The second-order valence-electron chi connectivity index (χ2n) is 4.94. The Kier molecular flexibility index (Phi) is 4.08. The van der Waals surface area contributed by atoms with Crippen molar-refractivity contribution in [3.8, 4) is 5.75 Å². The van der Waals surface area contributed by atoms with E-state index in [4.69, 9.17) is 10.5 Å². The molecule has 106 valence electrons. The average molecular weight is 273 g/mol. The van der Waals surface area contributed by atoms with E-state index in [0.717, 1.165) is 5.56 Å². The van der Waals surface area contributed by atoms with Crippen LogP contribution in [0.15, 0.2) is 30.5 Å². The fourth-order valence-corrected chi connectivity index (χ4v) is 2.06. The molecule has 0 fully saturated rings. The molecule has 0 unspecified atom stereocenters. The molecule has 2 aromatic rings. The number of hydrogen-bond donors (Lipinski definition) is 1. The smallest absolute Gasteiger partial charge is 0.189 e. The van der Waals surface area contributed by atoms with Crippen molar-refractivity contribution in [2.75, 3.05) is 12.8 Å². The Hall–Kier alpha value is -2.30. The maximum absolute atomic E-state index is 12.5. The Balaban J connectivity index is 2.28. The maximum atomic E-state index is 12.5. The van der Waals surface area contributed by atoms with Gasteiger partial charge in [-0.2, -0.15) is 5.10 Å². The molecule has 1 aromatic carbocycles. The summed E-state index contributed by atoms with van der Waals surface area (Å²) < 4.78 is 6.92. The minimum absolute atomic E-state index is 0.0159. The zero-order chi connectivity index (χ0) is 14.7. The molecule has 0 aliphatic carbocycles. The predicted octanol–water partition coefficient (Wildman–Crippen LogP) is 2.48. The van der Waals surface area contributed by atoms with E-state index >= 15 is 0 Å². The first-order chi connectivity index (χ1) is 9.52. The molecule has 2 rings (SSSR count). The van der Waals surface area contributed by atoms with Crippen LogP contribution in [0.1, 0.15) is 35.9 Å². The Labute approximate surface area is 118 Å². The van der Waals surface area contributed by atoms with Crippen LogP contribution in [0.25, 0.3) is 0 Å². The number of carbonyl (C=O) groups excluding carboxylic acids is 1. The van der Waals surface area contributed by atoms with Crippen LogP contribution in [-0.2, 0) is 6.42 Å². The van der Waals surface area contributed by atoms with Crippen molar-refractivity contribution >= 4 is 11.5 Å². The molecule has 1 aromatic heterocycles. The molecular formula is C15H19N3O2. The fourth-order valence-electron chi connectivity index (χ4n) is 2.06. The zero-order valence-electron chi connectivity index (χ0n) is 12.0. The molecule has 0 saturated carbocycles. The van der Waals surface area contributed by atoms with E-state index in [9.17, 15) is 4.79 Å². The van der Waals surface area contributed by atoms with Crippen LogP contribution in [0.2, 0.25) is 0 Å². The van der Waals surface area contributed by atoms with Crippen LogP contribution in [0, 0.1) is 0 Å². The summed E-state index contributed by atoms with van der Waals surface area (Å²) in [6.45, 7) is 3.96. The number of aromatic nitrogens is 2. The molecule has 0 spiro atoms. The monoisotopic (exact) mass is 273 g/mol. The molecular weight excluding hydrogens is 254 g/mol. The van der Waals surface area contributed by atoms with Gasteiger partial charge in [0.15, 0.2) is 11.5 Å². The van der Waals surface area contributed by atoms with E-state index in [0.29, 0.717) is 23.6 Å². The lowest BCUT2D eigenvalue weighted by Gasteiger charge is -2.11. The first-order valence-corrected chi connectivity index (χ1v) is 6.52. The summed E-state index contributed by atoms with van der Waals surface area (Å²) in [5.41, 5.74) is 7.76. The number of carbonyl (C=O) groups is 1. The van der Waals surface area contributed by atoms with Gasteiger partial charge >= 0.3 is 0 Å². The van der Waals surface area contributed by atoms with E-state index < -0.39 is 0 Å². The van der Waals surface area contributed by atoms with Crippen LogP contribution >= 0.6 is 0 Å². The van der Waals surface area contributed by atoms with Crippen LogP contribution in [0.3, 0.4) is 0 Å². The predicted molar refractivity (Wildman–Crippen MR) is 78.1 cm³/mol. The number of benzene rings is 1. The van der Waals surface area contributed by atoms with Crippen molar-refractivity contribution in [1.29, 1.82) is 0 Å². The highest BCUT2D eigenvalue weighted by molar-refractivity contribution is 5.98. The van der Waals surface area contributed by atoms with Crippen molar-refractivity contribution in [2.45, 2.75) is 26.3 Å². The highest BCUT2D eigenvalue weighted by Gasteiger charge is 2.21. The number of ether oxygens (including phenoxy) is 1. The quantitative estimate of drug-likeness (QED) is 0.671. The Morgan fingerprint density at radius 3 is 2.55 bits per heavy atom. The molecule has 2 N–H and O–H groups in total. The van der Waals surface area contributed by atoms with Crippen LogP contribution in [-0.4, -0.2) is 22.7 Å². The molecule has 0 bridgehead atoms. The third-order valence-corrected chi connectivity index (χ3v) is 3.08. The molecule has 0 aliphatic heterocycles. The number of nitrogens with zero attached hydrogens (tertiary/aromatic N) is 2. The summed E-state index contributed by atoms with van der Waals surface area (Å²) in [6, 6.07) is 7.40. The normalized spacial score (nSPS) is 10.8. The minimum Gasteiger partial charge on any atom is -0.493 e. The number of Topliss-reactive ketones (excluding diaryl/α,β-unsaturated/α-hetero) is 1. The Bertz CT molecular complexity index is 600. The summed E-state index contributed by atoms with van der Waals surface area (Å²) >= 11 is 0. The van der Waals surface area contributed by atoms with E-state index in [1.165, 1.54) is 0 Å². The molecule has 0 radical (unpaired) electrons. The van der Waals surface area contributed by atoms with Crippen molar-refractivity contribution in [3.05, 3.63) is 41.7 Å². The first kappa shape index (κ1) is 14.1.